The fourth-order valence-corrected chi connectivity index (χ4v) is 3.66. The Kier molecular flexibility index (Phi) is 5.17. The molecule has 2 aliphatic rings. The minimum atomic E-state index is -1.12. The summed E-state index contributed by atoms with van der Waals surface area (Å²) in [6.07, 6.45) is -2.61. The molecule has 9 heteroatoms. The smallest absolute Gasteiger partial charge is 0.328 e. The molecule has 0 bridgehead atoms. The van der Waals surface area contributed by atoms with Gasteiger partial charge in [-0.3, -0.25) is 14.3 Å². The van der Waals surface area contributed by atoms with Crippen LogP contribution in [0, 0.1) is 6.92 Å². The zero-order valence-corrected chi connectivity index (χ0v) is 15.5. The first-order valence-corrected chi connectivity index (χ1v) is 9.00. The number of methoxy groups -OCH3 is 1. The van der Waals surface area contributed by atoms with Gasteiger partial charge >= 0.3 is 5.69 Å². The van der Waals surface area contributed by atoms with Crippen molar-refractivity contribution in [2.75, 3.05) is 13.7 Å². The van der Waals surface area contributed by atoms with E-state index in [1.165, 1.54) is 17.9 Å². The third-order valence-electron chi connectivity index (χ3n) is 5.10. The summed E-state index contributed by atoms with van der Waals surface area (Å²) in [7, 11) is 1.42. The second-order valence-corrected chi connectivity index (χ2v) is 6.92. The van der Waals surface area contributed by atoms with E-state index in [9.17, 15) is 14.7 Å². The van der Waals surface area contributed by atoms with Gasteiger partial charge in [-0.25, -0.2) is 4.79 Å². The molecule has 28 heavy (non-hydrogen) atoms. The van der Waals surface area contributed by atoms with Crippen molar-refractivity contribution in [1.29, 1.82) is 0 Å². The van der Waals surface area contributed by atoms with Crippen molar-refractivity contribution in [3.63, 3.8) is 0 Å². The van der Waals surface area contributed by atoms with Gasteiger partial charge in [0.05, 0.1) is 6.61 Å². The van der Waals surface area contributed by atoms with Crippen LogP contribution < -0.4 is 11.2 Å². The van der Waals surface area contributed by atoms with Crippen molar-refractivity contribution < 1.29 is 24.1 Å². The Morgan fingerprint density at radius 2 is 1.96 bits per heavy atom. The third-order valence-corrected chi connectivity index (χ3v) is 5.10. The van der Waals surface area contributed by atoms with E-state index in [1.807, 2.05) is 30.3 Å². The number of aliphatic hydroxyl groups is 1. The van der Waals surface area contributed by atoms with Crippen LogP contribution in [0.2, 0.25) is 0 Å². The number of nitrogens with zero attached hydrogens (tertiary/aromatic N) is 1. The minimum Gasteiger partial charge on any atom is -0.388 e. The maximum Gasteiger partial charge on any atom is 0.328 e. The molecule has 0 radical (unpaired) electrons. The molecule has 2 saturated heterocycles. The molecular formula is C19H22N2O7. The fraction of sp³-hybridized carbons (Fsp3) is 0.474. The molecule has 1 aromatic carbocycles. The van der Waals surface area contributed by atoms with Gasteiger partial charge in [0.25, 0.3) is 5.56 Å². The number of benzene rings is 1. The summed E-state index contributed by atoms with van der Waals surface area (Å²) in [5.41, 5.74) is 0.00985. The van der Waals surface area contributed by atoms with E-state index in [0.717, 1.165) is 5.56 Å². The van der Waals surface area contributed by atoms with E-state index >= 15 is 0 Å². The molecule has 0 amide bonds. The van der Waals surface area contributed by atoms with E-state index in [4.69, 9.17) is 18.9 Å². The normalized spacial score (nSPS) is 32.7. The second kappa shape index (κ2) is 7.61. The number of hydrogen-bond donors (Lipinski definition) is 2. The summed E-state index contributed by atoms with van der Waals surface area (Å²) >= 11 is 0. The quantitative estimate of drug-likeness (QED) is 0.772. The third kappa shape index (κ3) is 3.31. The molecule has 2 N–H and O–H groups in total. The average molecular weight is 390 g/mol. The van der Waals surface area contributed by atoms with Gasteiger partial charge in [0.1, 0.15) is 24.4 Å². The Morgan fingerprint density at radius 3 is 2.68 bits per heavy atom. The lowest BCUT2D eigenvalue weighted by Gasteiger charge is -2.47. The largest absolute Gasteiger partial charge is 0.388 e. The summed E-state index contributed by atoms with van der Waals surface area (Å²) in [6.45, 7) is 1.78. The molecule has 6 atom stereocenters. The summed E-state index contributed by atoms with van der Waals surface area (Å²) in [4.78, 5) is 26.3. The SMILES string of the molecule is COC1O[C@@H]2COC(c3ccccc3)O[C@H]2[C@@H](O)[C@@H]1n1cc(C)c(=O)[nH]c1=O. The summed E-state index contributed by atoms with van der Waals surface area (Å²) in [6, 6.07) is 8.46. The first-order valence-electron chi connectivity index (χ1n) is 9.00. The van der Waals surface area contributed by atoms with Gasteiger partial charge in [0, 0.05) is 24.4 Å². The molecule has 0 aliphatic carbocycles. The van der Waals surface area contributed by atoms with E-state index in [1.54, 1.807) is 6.92 Å². The van der Waals surface area contributed by atoms with Gasteiger partial charge in [-0.1, -0.05) is 30.3 Å². The fourth-order valence-electron chi connectivity index (χ4n) is 3.66. The highest BCUT2D eigenvalue weighted by Crippen LogP contribution is 2.37. The predicted molar refractivity (Wildman–Crippen MR) is 96.8 cm³/mol. The van der Waals surface area contributed by atoms with Crippen molar-refractivity contribution in [2.45, 2.75) is 43.9 Å². The van der Waals surface area contributed by atoms with E-state index < -0.39 is 48.2 Å². The summed E-state index contributed by atoms with van der Waals surface area (Å²) in [5, 5.41) is 11.1. The number of fused-ring (bicyclic) bond motifs is 1. The molecule has 2 aliphatic heterocycles. The molecule has 0 spiro atoms. The van der Waals surface area contributed by atoms with Crippen LogP contribution in [0.1, 0.15) is 23.5 Å². The van der Waals surface area contributed by atoms with Gasteiger partial charge < -0.3 is 24.1 Å². The molecule has 3 heterocycles. The van der Waals surface area contributed by atoms with Gasteiger partial charge in [-0.2, -0.15) is 0 Å². The van der Waals surface area contributed by atoms with Crippen molar-refractivity contribution in [3.8, 4) is 0 Å². The van der Waals surface area contributed by atoms with Gasteiger partial charge in [-0.05, 0) is 6.92 Å². The Labute approximate surface area is 160 Å². The molecule has 2 unspecified atom stereocenters. The number of rotatable bonds is 3. The first-order chi connectivity index (χ1) is 13.5. The van der Waals surface area contributed by atoms with Crippen LogP contribution in [0.25, 0.3) is 0 Å². The molecule has 150 valence electrons. The first kappa shape index (κ1) is 19.0. The number of aromatic amines is 1. The van der Waals surface area contributed by atoms with Crippen LogP contribution >= 0.6 is 0 Å². The standard InChI is InChI=1S/C19H22N2O7/c1-10-8-21(19(24)20-16(10)23)13-14(22)15-12(27-18(13)25-2)9-26-17(28-15)11-6-4-3-5-7-11/h3-8,12-15,17-18,22H,9H2,1-2H3,(H,20,23,24)/t12-,13+,14+,15-,17?,18?/m1/s1. The monoisotopic (exact) mass is 390 g/mol. The Morgan fingerprint density at radius 1 is 1.21 bits per heavy atom. The van der Waals surface area contributed by atoms with Crippen molar-refractivity contribution in [1.82, 2.24) is 9.55 Å². The maximum atomic E-state index is 12.4. The summed E-state index contributed by atoms with van der Waals surface area (Å²) in [5.74, 6) is 0. The number of nitrogens with one attached hydrogen (secondary N) is 1. The lowest BCUT2D eigenvalue weighted by atomic mass is 9.95. The lowest BCUT2D eigenvalue weighted by molar-refractivity contribution is -0.347. The number of H-pyrrole nitrogens is 1. The van der Waals surface area contributed by atoms with Gasteiger partial charge in [0.15, 0.2) is 12.6 Å². The molecule has 9 nitrogen and oxygen atoms in total. The highest BCUT2D eigenvalue weighted by atomic mass is 16.7. The van der Waals surface area contributed by atoms with Crippen molar-refractivity contribution in [2.24, 2.45) is 0 Å². The zero-order chi connectivity index (χ0) is 19.8. The van der Waals surface area contributed by atoms with Crippen LogP contribution in [0.3, 0.4) is 0 Å². The molecule has 1 aromatic heterocycles. The number of aromatic nitrogens is 2. The van der Waals surface area contributed by atoms with Crippen LogP contribution in [0.5, 0.6) is 0 Å². The maximum absolute atomic E-state index is 12.4. The summed E-state index contributed by atoms with van der Waals surface area (Å²) < 4.78 is 24.2. The van der Waals surface area contributed by atoms with Crippen LogP contribution in [-0.2, 0) is 18.9 Å². The van der Waals surface area contributed by atoms with Crippen molar-refractivity contribution in [3.05, 3.63) is 68.5 Å². The number of hydrogen-bond acceptors (Lipinski definition) is 7. The molecule has 2 aromatic rings. The zero-order valence-electron chi connectivity index (χ0n) is 15.5. The van der Waals surface area contributed by atoms with E-state index in [2.05, 4.69) is 4.98 Å². The number of aliphatic hydroxyl groups excluding tert-OH is 1. The Balaban J connectivity index is 1.66. The molecule has 0 saturated carbocycles. The van der Waals surface area contributed by atoms with E-state index in [0.29, 0.717) is 5.56 Å². The van der Waals surface area contributed by atoms with Crippen molar-refractivity contribution >= 4 is 0 Å². The highest BCUT2D eigenvalue weighted by molar-refractivity contribution is 5.17. The van der Waals surface area contributed by atoms with E-state index in [-0.39, 0.29) is 6.61 Å². The second-order valence-electron chi connectivity index (χ2n) is 6.92. The number of ether oxygens (including phenoxy) is 4. The number of aryl methyl sites for hydroxylation is 1. The lowest BCUT2D eigenvalue weighted by Crippen LogP contribution is -2.61. The Bertz CT molecular complexity index is 941. The Hall–Kier alpha value is -2.30. The van der Waals surface area contributed by atoms with Crippen LogP contribution in [0.15, 0.2) is 46.1 Å². The molecule has 2 fully saturated rings. The minimum absolute atomic E-state index is 0.202. The van der Waals surface area contributed by atoms with Gasteiger partial charge in [0.2, 0.25) is 0 Å². The van der Waals surface area contributed by atoms with Crippen LogP contribution in [-0.4, -0.2) is 53.0 Å². The predicted octanol–water partition coefficient (Wildman–Crippen LogP) is 0.233. The topological polar surface area (TPSA) is 112 Å². The highest BCUT2D eigenvalue weighted by Gasteiger charge is 2.50. The van der Waals surface area contributed by atoms with Crippen LogP contribution in [0.4, 0.5) is 0 Å². The average Bonchev–Trinajstić information content (AvgIpc) is 2.71. The molecular weight excluding hydrogens is 368 g/mol. The molecule has 4 rings (SSSR count). The van der Waals surface area contributed by atoms with Gasteiger partial charge in [-0.15, -0.1) is 0 Å².